The third kappa shape index (κ3) is 3.13. The molecule has 0 aliphatic rings. The van der Waals surface area contributed by atoms with Crippen molar-refractivity contribution in [2.45, 2.75) is 19.9 Å². The Kier molecular flexibility index (Phi) is 4.43. The number of aromatic nitrogens is 2. The number of anilines is 1. The van der Waals surface area contributed by atoms with Crippen LogP contribution in [0, 0.1) is 5.92 Å². The Morgan fingerprint density at radius 1 is 1.28 bits per heavy atom. The molecule has 18 heavy (non-hydrogen) atoms. The molecule has 1 atom stereocenters. The number of hydrogen-bond acceptors (Lipinski definition) is 4. The maximum Gasteiger partial charge on any atom is 0.174 e. The Morgan fingerprint density at radius 2 is 2.06 bits per heavy atom. The molecular weight excluding hydrogens is 289 g/mol. The van der Waals surface area contributed by atoms with E-state index < -0.39 is 0 Å². The van der Waals surface area contributed by atoms with E-state index in [0.717, 1.165) is 0 Å². The smallest absolute Gasteiger partial charge is 0.174 e. The molecule has 96 valence electrons. The second-order valence-electron chi connectivity index (χ2n) is 4.25. The molecule has 0 saturated carbocycles. The van der Waals surface area contributed by atoms with Gasteiger partial charge in [-0.15, -0.1) is 21.5 Å². The van der Waals surface area contributed by atoms with E-state index in [2.05, 4.69) is 40.8 Å². The Balaban J connectivity index is 2.27. The van der Waals surface area contributed by atoms with Crippen molar-refractivity contribution < 1.29 is 0 Å². The average Bonchev–Trinajstić information content (AvgIpc) is 2.83. The van der Waals surface area contributed by atoms with Gasteiger partial charge in [0, 0.05) is 10.9 Å². The minimum Gasteiger partial charge on any atom is -0.375 e. The van der Waals surface area contributed by atoms with Gasteiger partial charge in [-0.3, -0.25) is 0 Å². The first-order valence-corrected chi connectivity index (χ1v) is 7.20. The minimum absolute atomic E-state index is 0.183. The quantitative estimate of drug-likeness (QED) is 0.893. The molecule has 0 spiro atoms. The van der Waals surface area contributed by atoms with Crippen LogP contribution in [0.25, 0.3) is 0 Å². The molecule has 2 heterocycles. The molecular formula is C12H13Cl2N3S. The van der Waals surface area contributed by atoms with Crippen molar-refractivity contribution in [2.75, 3.05) is 5.32 Å². The lowest BCUT2D eigenvalue weighted by Gasteiger charge is -2.22. The van der Waals surface area contributed by atoms with E-state index in [0.29, 0.717) is 21.9 Å². The standard InChI is InChI=1S/C12H13Cl2N3S/c1-7(2)11(9-4-3-5-18-9)15-8-6-10(13)16-17-12(8)14/h3-7,11H,1-2H3,(H,15,16). The molecule has 0 saturated heterocycles. The second kappa shape index (κ2) is 5.87. The zero-order valence-corrected chi connectivity index (χ0v) is 12.4. The highest BCUT2D eigenvalue weighted by molar-refractivity contribution is 7.10. The Hall–Kier alpha value is -0.840. The maximum absolute atomic E-state index is 6.02. The van der Waals surface area contributed by atoms with E-state index in [1.807, 2.05) is 6.07 Å². The summed E-state index contributed by atoms with van der Waals surface area (Å²) in [5, 5.41) is 13.6. The van der Waals surface area contributed by atoms with Crippen LogP contribution in [0.15, 0.2) is 23.6 Å². The highest BCUT2D eigenvalue weighted by Crippen LogP contribution is 2.32. The third-order valence-electron chi connectivity index (χ3n) is 2.55. The second-order valence-corrected chi connectivity index (χ2v) is 5.98. The van der Waals surface area contributed by atoms with Crippen LogP contribution < -0.4 is 5.32 Å². The van der Waals surface area contributed by atoms with E-state index >= 15 is 0 Å². The normalized spacial score (nSPS) is 12.7. The summed E-state index contributed by atoms with van der Waals surface area (Å²) < 4.78 is 0. The van der Waals surface area contributed by atoms with Crippen molar-refractivity contribution in [3.63, 3.8) is 0 Å². The van der Waals surface area contributed by atoms with Crippen LogP contribution in [-0.2, 0) is 0 Å². The molecule has 0 aliphatic heterocycles. The summed E-state index contributed by atoms with van der Waals surface area (Å²) in [6, 6.07) is 6.02. The van der Waals surface area contributed by atoms with Gasteiger partial charge in [-0.25, -0.2) is 0 Å². The number of nitrogens with one attached hydrogen (secondary N) is 1. The molecule has 0 bridgehead atoms. The van der Waals surface area contributed by atoms with Crippen LogP contribution in [0.4, 0.5) is 5.69 Å². The SMILES string of the molecule is CC(C)C(Nc1cc(Cl)nnc1Cl)c1cccs1. The van der Waals surface area contributed by atoms with Crippen molar-refractivity contribution >= 4 is 40.2 Å². The van der Waals surface area contributed by atoms with Gasteiger partial charge in [0.2, 0.25) is 0 Å². The van der Waals surface area contributed by atoms with Crippen molar-refractivity contribution in [3.05, 3.63) is 38.8 Å². The summed E-state index contributed by atoms with van der Waals surface area (Å²) in [4.78, 5) is 1.26. The Bertz CT molecular complexity index is 514. The number of halogens is 2. The highest BCUT2D eigenvalue weighted by Gasteiger charge is 2.18. The van der Waals surface area contributed by atoms with Crippen molar-refractivity contribution in [1.82, 2.24) is 10.2 Å². The predicted molar refractivity (Wildman–Crippen MR) is 77.6 cm³/mol. The maximum atomic E-state index is 6.02. The fourth-order valence-corrected chi connectivity index (χ4v) is 2.90. The highest BCUT2D eigenvalue weighted by atomic mass is 35.5. The van der Waals surface area contributed by atoms with Crippen molar-refractivity contribution in [1.29, 1.82) is 0 Å². The van der Waals surface area contributed by atoms with Crippen LogP contribution in [0.5, 0.6) is 0 Å². The summed E-state index contributed by atoms with van der Waals surface area (Å²) >= 11 is 13.6. The van der Waals surface area contributed by atoms with Gasteiger partial charge in [-0.05, 0) is 17.4 Å². The monoisotopic (exact) mass is 301 g/mol. The van der Waals surface area contributed by atoms with Crippen LogP contribution >= 0.6 is 34.5 Å². The predicted octanol–water partition coefficient (Wildman–Crippen LogP) is 4.65. The molecule has 6 heteroatoms. The molecule has 2 aromatic rings. The number of rotatable bonds is 4. The first kappa shape index (κ1) is 13.6. The molecule has 3 nitrogen and oxygen atoms in total. The van der Waals surface area contributed by atoms with Gasteiger partial charge in [0.25, 0.3) is 0 Å². The van der Waals surface area contributed by atoms with Gasteiger partial charge in [0.15, 0.2) is 10.3 Å². The molecule has 0 radical (unpaired) electrons. The van der Waals surface area contributed by atoms with Gasteiger partial charge in [0.05, 0.1) is 11.7 Å². The van der Waals surface area contributed by atoms with E-state index in [4.69, 9.17) is 23.2 Å². The van der Waals surface area contributed by atoms with Crippen molar-refractivity contribution in [2.24, 2.45) is 5.92 Å². The van der Waals surface area contributed by atoms with Gasteiger partial charge in [-0.2, -0.15) is 0 Å². The molecule has 1 unspecified atom stereocenters. The summed E-state index contributed by atoms with van der Waals surface area (Å²) in [7, 11) is 0. The van der Waals surface area contributed by atoms with Gasteiger partial charge in [-0.1, -0.05) is 43.1 Å². The average molecular weight is 302 g/mol. The Morgan fingerprint density at radius 3 is 2.67 bits per heavy atom. The van der Waals surface area contributed by atoms with Crippen LogP contribution in [-0.4, -0.2) is 10.2 Å². The zero-order valence-electron chi connectivity index (χ0n) is 10.0. The van der Waals surface area contributed by atoms with E-state index in [1.165, 1.54) is 4.88 Å². The lowest BCUT2D eigenvalue weighted by Crippen LogP contribution is -2.16. The minimum atomic E-state index is 0.183. The number of hydrogen-bond donors (Lipinski definition) is 1. The first-order valence-electron chi connectivity index (χ1n) is 5.56. The van der Waals surface area contributed by atoms with Gasteiger partial charge < -0.3 is 5.32 Å². The molecule has 0 aromatic carbocycles. The topological polar surface area (TPSA) is 37.8 Å². The summed E-state index contributed by atoms with van der Waals surface area (Å²) in [6.07, 6.45) is 0. The van der Waals surface area contributed by atoms with Crippen molar-refractivity contribution in [3.8, 4) is 0 Å². The number of nitrogens with zero attached hydrogens (tertiary/aromatic N) is 2. The molecule has 0 fully saturated rings. The zero-order chi connectivity index (χ0) is 13.1. The van der Waals surface area contributed by atoms with E-state index in [1.54, 1.807) is 17.4 Å². The Labute approximate surface area is 120 Å². The molecule has 0 aliphatic carbocycles. The summed E-state index contributed by atoms with van der Waals surface area (Å²) in [6.45, 7) is 4.31. The molecule has 1 N–H and O–H groups in total. The van der Waals surface area contributed by atoms with Crippen LogP contribution in [0.3, 0.4) is 0 Å². The van der Waals surface area contributed by atoms with Gasteiger partial charge in [0.1, 0.15) is 0 Å². The summed E-state index contributed by atoms with van der Waals surface area (Å²) in [5.74, 6) is 0.423. The van der Waals surface area contributed by atoms with E-state index in [-0.39, 0.29) is 6.04 Å². The van der Waals surface area contributed by atoms with Gasteiger partial charge >= 0.3 is 0 Å². The van der Waals surface area contributed by atoms with Crippen LogP contribution in [0.2, 0.25) is 10.3 Å². The lowest BCUT2D eigenvalue weighted by molar-refractivity contribution is 0.553. The van der Waals surface area contributed by atoms with E-state index in [9.17, 15) is 0 Å². The lowest BCUT2D eigenvalue weighted by atomic mass is 10.0. The fraction of sp³-hybridized carbons (Fsp3) is 0.333. The molecule has 0 amide bonds. The third-order valence-corrected chi connectivity index (χ3v) is 3.97. The molecule has 2 rings (SSSR count). The molecule has 2 aromatic heterocycles. The van der Waals surface area contributed by atoms with Crippen LogP contribution in [0.1, 0.15) is 24.8 Å². The summed E-state index contributed by atoms with van der Waals surface area (Å²) in [5.41, 5.74) is 0.712. The number of thiophene rings is 1. The fourth-order valence-electron chi connectivity index (χ4n) is 1.66. The largest absolute Gasteiger partial charge is 0.375 e. The first-order chi connectivity index (χ1) is 8.58.